The van der Waals surface area contributed by atoms with Crippen LogP contribution in [0.4, 0.5) is 0 Å². The van der Waals surface area contributed by atoms with Gasteiger partial charge in [-0.05, 0) is 47.1 Å². The Bertz CT molecular complexity index is 265. The van der Waals surface area contributed by atoms with Gasteiger partial charge in [0.2, 0.25) is 5.91 Å². The molecule has 1 aliphatic rings. The molecule has 1 unspecified atom stereocenters. The predicted molar refractivity (Wildman–Crippen MR) is 75.6 cm³/mol. The Morgan fingerprint density at radius 3 is 2.33 bits per heavy atom. The first-order chi connectivity index (χ1) is 8.33. The average molecular weight is 255 g/mol. The predicted octanol–water partition coefficient (Wildman–Crippen LogP) is 1.36. The van der Waals surface area contributed by atoms with E-state index in [9.17, 15) is 4.79 Å². The minimum atomic E-state index is -0.145. The van der Waals surface area contributed by atoms with E-state index in [0.717, 1.165) is 32.5 Å². The highest BCUT2D eigenvalue weighted by Crippen LogP contribution is 2.14. The lowest BCUT2D eigenvalue weighted by Crippen LogP contribution is -2.54. The number of amides is 1. The second-order valence-electron chi connectivity index (χ2n) is 6.28. The van der Waals surface area contributed by atoms with Gasteiger partial charge in [0.15, 0.2) is 0 Å². The smallest absolute Gasteiger partial charge is 0.237 e. The second-order valence-corrected chi connectivity index (χ2v) is 6.28. The molecule has 0 aromatic rings. The van der Waals surface area contributed by atoms with Gasteiger partial charge in [-0.2, -0.15) is 0 Å². The van der Waals surface area contributed by atoms with Gasteiger partial charge in [0.25, 0.3) is 0 Å². The van der Waals surface area contributed by atoms with Crippen molar-refractivity contribution in [2.24, 2.45) is 0 Å². The van der Waals surface area contributed by atoms with E-state index in [4.69, 9.17) is 0 Å². The number of piperidine rings is 1. The molecule has 0 radical (unpaired) electrons. The van der Waals surface area contributed by atoms with Gasteiger partial charge in [-0.15, -0.1) is 0 Å². The Balaban J connectivity index is 2.40. The van der Waals surface area contributed by atoms with Crippen LogP contribution in [-0.2, 0) is 4.79 Å². The highest BCUT2D eigenvalue weighted by molar-refractivity contribution is 5.81. The number of hydrogen-bond donors (Lipinski definition) is 2. The highest BCUT2D eigenvalue weighted by atomic mass is 16.2. The summed E-state index contributed by atoms with van der Waals surface area (Å²) in [6.45, 7) is 13.3. The van der Waals surface area contributed by atoms with Gasteiger partial charge >= 0.3 is 0 Å². The molecule has 0 saturated carbocycles. The van der Waals surface area contributed by atoms with E-state index in [1.165, 1.54) is 0 Å². The molecule has 0 aromatic heterocycles. The topological polar surface area (TPSA) is 44.4 Å². The van der Waals surface area contributed by atoms with Gasteiger partial charge in [-0.1, -0.05) is 6.92 Å². The lowest BCUT2D eigenvalue weighted by molar-refractivity contribution is -0.127. The third kappa shape index (κ3) is 4.94. The molecule has 1 saturated heterocycles. The molecule has 1 atom stereocenters. The van der Waals surface area contributed by atoms with Crippen molar-refractivity contribution < 1.29 is 4.79 Å². The molecule has 2 N–H and O–H groups in total. The molecule has 0 aromatic carbocycles. The largest absolute Gasteiger partial charge is 0.350 e. The van der Waals surface area contributed by atoms with Crippen LogP contribution in [0.2, 0.25) is 0 Å². The van der Waals surface area contributed by atoms with Crippen LogP contribution in [0.3, 0.4) is 0 Å². The third-order valence-electron chi connectivity index (χ3n) is 3.45. The Morgan fingerprint density at radius 2 is 1.89 bits per heavy atom. The van der Waals surface area contributed by atoms with Gasteiger partial charge in [-0.25, -0.2) is 0 Å². The molecule has 18 heavy (non-hydrogen) atoms. The van der Waals surface area contributed by atoms with E-state index in [1.54, 1.807) is 0 Å². The number of nitrogens with zero attached hydrogens (tertiary/aromatic N) is 1. The van der Waals surface area contributed by atoms with Crippen molar-refractivity contribution in [2.45, 2.75) is 65.1 Å². The van der Waals surface area contributed by atoms with Crippen molar-refractivity contribution >= 4 is 5.91 Å². The van der Waals surface area contributed by atoms with Crippen LogP contribution in [0.1, 0.15) is 47.5 Å². The standard InChI is InChI=1S/C14H29N3O/c1-6-15-12-7-9-17(10-8-12)11(2)13(18)16-14(3,4)5/h11-12,15H,6-10H2,1-5H3,(H,16,18). The lowest BCUT2D eigenvalue weighted by Gasteiger charge is -2.36. The van der Waals surface area contributed by atoms with Crippen molar-refractivity contribution in [1.29, 1.82) is 0 Å². The summed E-state index contributed by atoms with van der Waals surface area (Å²) in [5.41, 5.74) is -0.145. The third-order valence-corrected chi connectivity index (χ3v) is 3.45. The number of likely N-dealkylation sites (tertiary alicyclic amines) is 1. The first-order valence-corrected chi connectivity index (χ1v) is 7.13. The lowest BCUT2D eigenvalue weighted by atomic mass is 10.0. The van der Waals surface area contributed by atoms with Crippen molar-refractivity contribution in [3.63, 3.8) is 0 Å². The number of carbonyl (C=O) groups is 1. The Labute approximate surface area is 111 Å². The van der Waals surface area contributed by atoms with Crippen LogP contribution in [0.5, 0.6) is 0 Å². The molecule has 0 spiro atoms. The molecular weight excluding hydrogens is 226 g/mol. The summed E-state index contributed by atoms with van der Waals surface area (Å²) >= 11 is 0. The summed E-state index contributed by atoms with van der Waals surface area (Å²) in [7, 11) is 0. The summed E-state index contributed by atoms with van der Waals surface area (Å²) < 4.78 is 0. The van der Waals surface area contributed by atoms with Crippen molar-refractivity contribution in [2.75, 3.05) is 19.6 Å². The van der Waals surface area contributed by atoms with Gasteiger partial charge in [0, 0.05) is 24.7 Å². The van der Waals surface area contributed by atoms with Crippen LogP contribution in [-0.4, -0.2) is 48.1 Å². The Kier molecular flexibility index (Phi) is 5.60. The minimum absolute atomic E-state index is 0.0215. The SMILES string of the molecule is CCNC1CCN(C(C)C(=O)NC(C)(C)C)CC1. The molecule has 4 nitrogen and oxygen atoms in total. The van der Waals surface area contributed by atoms with Gasteiger partial charge in [0.05, 0.1) is 6.04 Å². The molecule has 1 amide bonds. The summed E-state index contributed by atoms with van der Waals surface area (Å²) in [6, 6.07) is 0.607. The summed E-state index contributed by atoms with van der Waals surface area (Å²) in [4.78, 5) is 14.4. The summed E-state index contributed by atoms with van der Waals surface area (Å²) in [6.07, 6.45) is 2.28. The van der Waals surface area contributed by atoms with E-state index in [0.29, 0.717) is 6.04 Å². The second kappa shape index (κ2) is 6.53. The fourth-order valence-corrected chi connectivity index (χ4v) is 2.42. The van der Waals surface area contributed by atoms with Gasteiger partial charge in [0.1, 0.15) is 0 Å². The summed E-state index contributed by atoms with van der Waals surface area (Å²) in [5, 5.41) is 6.54. The monoisotopic (exact) mass is 255 g/mol. The van der Waals surface area contributed by atoms with Crippen LogP contribution in [0.25, 0.3) is 0 Å². The molecular formula is C14H29N3O. The van der Waals surface area contributed by atoms with Crippen LogP contribution >= 0.6 is 0 Å². The Hall–Kier alpha value is -0.610. The fraction of sp³-hybridized carbons (Fsp3) is 0.929. The van der Waals surface area contributed by atoms with Crippen molar-refractivity contribution in [3.05, 3.63) is 0 Å². The minimum Gasteiger partial charge on any atom is -0.350 e. The number of rotatable bonds is 4. The highest BCUT2D eigenvalue weighted by Gasteiger charge is 2.27. The zero-order valence-electron chi connectivity index (χ0n) is 12.5. The zero-order valence-corrected chi connectivity index (χ0v) is 12.5. The van der Waals surface area contributed by atoms with Crippen molar-refractivity contribution in [1.82, 2.24) is 15.5 Å². The number of hydrogen-bond acceptors (Lipinski definition) is 3. The average Bonchev–Trinajstić information content (AvgIpc) is 2.27. The Morgan fingerprint density at radius 1 is 1.33 bits per heavy atom. The molecule has 4 heteroatoms. The van der Waals surface area contributed by atoms with Gasteiger partial charge < -0.3 is 10.6 Å². The van der Waals surface area contributed by atoms with Crippen LogP contribution < -0.4 is 10.6 Å². The molecule has 106 valence electrons. The van der Waals surface area contributed by atoms with E-state index in [1.807, 2.05) is 27.7 Å². The molecule has 0 bridgehead atoms. The zero-order chi connectivity index (χ0) is 13.8. The molecule has 1 heterocycles. The molecule has 1 aliphatic heterocycles. The van der Waals surface area contributed by atoms with E-state index in [-0.39, 0.29) is 17.5 Å². The first-order valence-electron chi connectivity index (χ1n) is 7.13. The fourth-order valence-electron chi connectivity index (χ4n) is 2.42. The maximum atomic E-state index is 12.1. The van der Waals surface area contributed by atoms with Gasteiger partial charge in [-0.3, -0.25) is 9.69 Å². The molecule has 0 aliphatic carbocycles. The van der Waals surface area contributed by atoms with E-state index in [2.05, 4.69) is 22.5 Å². The molecule has 1 rings (SSSR count). The maximum absolute atomic E-state index is 12.1. The molecule has 1 fully saturated rings. The van der Waals surface area contributed by atoms with E-state index >= 15 is 0 Å². The van der Waals surface area contributed by atoms with Crippen LogP contribution in [0.15, 0.2) is 0 Å². The quantitative estimate of drug-likeness (QED) is 0.797. The van der Waals surface area contributed by atoms with Crippen LogP contribution in [0, 0.1) is 0 Å². The number of nitrogens with one attached hydrogen (secondary N) is 2. The summed E-state index contributed by atoms with van der Waals surface area (Å²) in [5.74, 6) is 0.143. The number of carbonyl (C=O) groups excluding carboxylic acids is 1. The van der Waals surface area contributed by atoms with E-state index < -0.39 is 0 Å². The maximum Gasteiger partial charge on any atom is 0.237 e. The normalized spacial score (nSPS) is 20.7. The van der Waals surface area contributed by atoms with Crippen molar-refractivity contribution in [3.8, 4) is 0 Å². The first kappa shape index (κ1) is 15.4.